The second-order valence-corrected chi connectivity index (χ2v) is 4.68. The maximum Gasteiger partial charge on any atom is 0.115 e. The molecule has 1 aromatic carbocycles. The van der Waals surface area contributed by atoms with Crippen molar-refractivity contribution in [2.45, 2.75) is 26.8 Å². The Morgan fingerprint density at radius 1 is 1.25 bits per heavy atom. The monoisotopic (exact) mass is 219 g/mol. The molecule has 0 spiro atoms. The highest BCUT2D eigenvalue weighted by Gasteiger charge is 2.03. The summed E-state index contributed by atoms with van der Waals surface area (Å²) in [6.45, 7) is 5.09. The number of aromatic hydroxyl groups is 1. The first kappa shape index (κ1) is 12.8. The lowest BCUT2D eigenvalue weighted by Crippen LogP contribution is -2.12. The lowest BCUT2D eigenvalue weighted by atomic mass is 10.0. The smallest absolute Gasteiger partial charge is 0.115 e. The lowest BCUT2D eigenvalue weighted by Gasteiger charge is -2.13. The number of rotatable bonds is 4. The first-order valence-corrected chi connectivity index (χ1v) is 5.58. The molecule has 0 unspecified atom stereocenters. The van der Waals surface area contributed by atoms with E-state index in [0.29, 0.717) is 5.75 Å². The van der Waals surface area contributed by atoms with Crippen molar-refractivity contribution in [2.75, 3.05) is 14.1 Å². The summed E-state index contributed by atoms with van der Waals surface area (Å²) in [4.78, 5) is 2.14. The average Bonchev–Trinajstić information content (AvgIpc) is 2.17. The molecule has 2 nitrogen and oxygen atoms in total. The van der Waals surface area contributed by atoms with E-state index in [1.807, 2.05) is 12.1 Å². The van der Waals surface area contributed by atoms with Gasteiger partial charge in [-0.15, -0.1) is 0 Å². The second-order valence-electron chi connectivity index (χ2n) is 4.68. The average molecular weight is 219 g/mol. The predicted molar refractivity (Wildman–Crippen MR) is 68.6 cm³/mol. The quantitative estimate of drug-likeness (QED) is 0.787. The first-order valence-electron chi connectivity index (χ1n) is 5.58. The van der Waals surface area contributed by atoms with E-state index in [1.54, 1.807) is 6.07 Å². The molecule has 2 heteroatoms. The summed E-state index contributed by atoms with van der Waals surface area (Å²) < 4.78 is 0. The summed E-state index contributed by atoms with van der Waals surface area (Å²) >= 11 is 0. The van der Waals surface area contributed by atoms with Crippen LogP contribution in [0.1, 0.15) is 25.0 Å². The minimum Gasteiger partial charge on any atom is -0.508 e. The highest BCUT2D eigenvalue weighted by molar-refractivity contribution is 5.36. The minimum atomic E-state index is 0.347. The van der Waals surface area contributed by atoms with E-state index in [-0.39, 0.29) is 0 Å². The number of benzene rings is 1. The molecule has 0 aliphatic rings. The Bertz CT molecular complexity index is 376. The second kappa shape index (κ2) is 5.71. The van der Waals surface area contributed by atoms with Gasteiger partial charge in [0.25, 0.3) is 0 Å². The van der Waals surface area contributed by atoms with Crippen molar-refractivity contribution >= 4 is 0 Å². The van der Waals surface area contributed by atoms with Gasteiger partial charge in [-0.1, -0.05) is 17.7 Å². The maximum atomic E-state index is 9.50. The summed E-state index contributed by atoms with van der Waals surface area (Å²) in [6, 6.07) is 5.62. The molecule has 0 aromatic heterocycles. The van der Waals surface area contributed by atoms with E-state index in [0.717, 1.165) is 13.0 Å². The number of hydrogen-bond donors (Lipinski definition) is 1. The number of nitrogens with zero attached hydrogens (tertiary/aromatic N) is 1. The fourth-order valence-electron chi connectivity index (χ4n) is 1.61. The minimum absolute atomic E-state index is 0.347. The van der Waals surface area contributed by atoms with Crippen LogP contribution in [0.4, 0.5) is 0 Å². The van der Waals surface area contributed by atoms with E-state index in [1.165, 1.54) is 16.7 Å². The number of hydrogen-bond acceptors (Lipinski definition) is 2. The van der Waals surface area contributed by atoms with E-state index < -0.39 is 0 Å². The molecule has 0 bridgehead atoms. The number of allylic oxidation sites excluding steroid dienone is 2. The zero-order chi connectivity index (χ0) is 12.1. The van der Waals surface area contributed by atoms with E-state index in [9.17, 15) is 5.11 Å². The Labute approximate surface area is 98.2 Å². The fraction of sp³-hybridized carbons (Fsp3) is 0.429. The van der Waals surface area contributed by atoms with Crippen LogP contribution in [-0.2, 0) is 13.0 Å². The number of phenolic OH excluding ortho intramolecular Hbond substituents is 1. The molecule has 0 fully saturated rings. The lowest BCUT2D eigenvalue weighted by molar-refractivity contribution is 0.400. The van der Waals surface area contributed by atoms with Gasteiger partial charge in [0.1, 0.15) is 5.75 Å². The van der Waals surface area contributed by atoms with Crippen LogP contribution in [0, 0.1) is 0 Å². The zero-order valence-corrected chi connectivity index (χ0v) is 10.6. The third kappa shape index (κ3) is 4.07. The van der Waals surface area contributed by atoms with Crippen LogP contribution in [0.2, 0.25) is 0 Å². The van der Waals surface area contributed by atoms with Crippen LogP contribution >= 0.6 is 0 Å². The third-order valence-electron chi connectivity index (χ3n) is 2.41. The van der Waals surface area contributed by atoms with Crippen molar-refractivity contribution in [3.63, 3.8) is 0 Å². The van der Waals surface area contributed by atoms with Crippen LogP contribution in [0.5, 0.6) is 5.75 Å². The van der Waals surface area contributed by atoms with Gasteiger partial charge in [-0.2, -0.15) is 0 Å². The molecule has 88 valence electrons. The van der Waals surface area contributed by atoms with E-state index >= 15 is 0 Å². The van der Waals surface area contributed by atoms with Crippen LogP contribution < -0.4 is 0 Å². The molecule has 0 heterocycles. The number of phenols is 1. The SMILES string of the molecule is CC(C)=CCc1cc(O)ccc1CN(C)C. The predicted octanol–water partition coefficient (Wildman–Crippen LogP) is 2.96. The van der Waals surface area contributed by atoms with E-state index in [2.05, 4.69) is 38.9 Å². The van der Waals surface area contributed by atoms with E-state index in [4.69, 9.17) is 0 Å². The van der Waals surface area contributed by atoms with Gasteiger partial charge in [0.2, 0.25) is 0 Å². The molecule has 0 amide bonds. The maximum absolute atomic E-state index is 9.50. The summed E-state index contributed by atoms with van der Waals surface area (Å²) in [5, 5.41) is 9.50. The van der Waals surface area contributed by atoms with Crippen molar-refractivity contribution in [2.24, 2.45) is 0 Å². The van der Waals surface area contributed by atoms with Gasteiger partial charge in [0, 0.05) is 6.54 Å². The van der Waals surface area contributed by atoms with Crippen LogP contribution in [0.3, 0.4) is 0 Å². The molecule has 0 radical (unpaired) electrons. The summed E-state index contributed by atoms with van der Waals surface area (Å²) in [6.07, 6.45) is 3.08. The van der Waals surface area contributed by atoms with Gasteiger partial charge in [0.05, 0.1) is 0 Å². The van der Waals surface area contributed by atoms with Gasteiger partial charge in [-0.3, -0.25) is 0 Å². The summed E-state index contributed by atoms with van der Waals surface area (Å²) in [5.41, 5.74) is 3.79. The van der Waals surface area contributed by atoms with Gasteiger partial charge in [0.15, 0.2) is 0 Å². The highest BCUT2D eigenvalue weighted by atomic mass is 16.3. The van der Waals surface area contributed by atoms with Gasteiger partial charge >= 0.3 is 0 Å². The molecule has 0 atom stereocenters. The Morgan fingerprint density at radius 2 is 1.94 bits per heavy atom. The Hall–Kier alpha value is -1.28. The van der Waals surface area contributed by atoms with Crippen LogP contribution in [0.25, 0.3) is 0 Å². The molecule has 0 aliphatic heterocycles. The standard InChI is InChI=1S/C14H21NO/c1-11(2)5-6-12-9-14(16)8-7-13(12)10-15(3)4/h5,7-9,16H,6,10H2,1-4H3. The Morgan fingerprint density at radius 3 is 2.50 bits per heavy atom. The van der Waals surface area contributed by atoms with Gasteiger partial charge in [-0.05, 0) is 57.6 Å². The van der Waals surface area contributed by atoms with Gasteiger partial charge in [-0.25, -0.2) is 0 Å². The molecule has 0 saturated heterocycles. The molecule has 1 rings (SSSR count). The molecule has 1 N–H and O–H groups in total. The molecule has 0 aliphatic carbocycles. The Balaban J connectivity index is 2.93. The van der Waals surface area contributed by atoms with Crippen molar-refractivity contribution in [1.82, 2.24) is 4.90 Å². The molecule has 0 saturated carbocycles. The Kier molecular flexibility index (Phi) is 4.56. The largest absolute Gasteiger partial charge is 0.508 e. The third-order valence-corrected chi connectivity index (χ3v) is 2.41. The van der Waals surface area contributed by atoms with Gasteiger partial charge < -0.3 is 10.0 Å². The van der Waals surface area contributed by atoms with Crippen molar-refractivity contribution in [3.05, 3.63) is 41.0 Å². The van der Waals surface area contributed by atoms with Crippen molar-refractivity contribution in [1.29, 1.82) is 0 Å². The van der Waals surface area contributed by atoms with Crippen molar-refractivity contribution < 1.29 is 5.11 Å². The van der Waals surface area contributed by atoms with Crippen LogP contribution in [-0.4, -0.2) is 24.1 Å². The summed E-state index contributed by atoms with van der Waals surface area (Å²) in [5.74, 6) is 0.347. The molecular formula is C14H21NO. The first-order chi connectivity index (χ1) is 7.49. The summed E-state index contributed by atoms with van der Waals surface area (Å²) in [7, 11) is 4.11. The van der Waals surface area contributed by atoms with Crippen LogP contribution in [0.15, 0.2) is 29.8 Å². The topological polar surface area (TPSA) is 23.5 Å². The fourth-order valence-corrected chi connectivity index (χ4v) is 1.61. The van der Waals surface area contributed by atoms with Crippen molar-refractivity contribution in [3.8, 4) is 5.75 Å². The zero-order valence-electron chi connectivity index (χ0n) is 10.6. The molecule has 16 heavy (non-hydrogen) atoms. The molecule has 1 aromatic rings. The highest BCUT2D eigenvalue weighted by Crippen LogP contribution is 2.19. The molecular weight excluding hydrogens is 198 g/mol. The normalized spacial score (nSPS) is 10.6.